The number of nitrogens with zero attached hydrogens (tertiary/aromatic N) is 1. The van der Waals surface area contributed by atoms with Crippen molar-refractivity contribution in [3.63, 3.8) is 0 Å². The van der Waals surface area contributed by atoms with Crippen LogP contribution in [0.5, 0.6) is 0 Å². The van der Waals surface area contributed by atoms with Crippen LogP contribution in [0.4, 0.5) is 13.2 Å². The number of carbonyl (C=O) groups is 1. The van der Waals surface area contributed by atoms with Gasteiger partial charge in [0, 0.05) is 0 Å². The molecule has 0 amide bonds. The lowest BCUT2D eigenvalue weighted by atomic mass is 10.1. The van der Waals surface area contributed by atoms with Gasteiger partial charge in [0.25, 0.3) is 0 Å². The first-order chi connectivity index (χ1) is 5.96. The topological polar surface area (TPSA) is 71.8 Å². The Labute approximate surface area is 70.9 Å². The molecule has 0 unspecified atom stereocenters. The Bertz CT molecular complexity index is 317. The van der Waals surface area contributed by atoms with E-state index < -0.39 is 29.8 Å². The molecule has 0 atom stereocenters. The predicted octanol–water partition coefficient (Wildman–Crippen LogP) is 0.570. The highest BCUT2D eigenvalue weighted by Gasteiger charge is 2.37. The molecular formula is C6H6F3N3O. The van der Waals surface area contributed by atoms with Crippen molar-refractivity contribution in [1.29, 1.82) is 0 Å². The van der Waals surface area contributed by atoms with Crippen LogP contribution >= 0.6 is 0 Å². The van der Waals surface area contributed by atoms with Gasteiger partial charge in [-0.1, -0.05) is 0 Å². The highest BCUT2D eigenvalue weighted by Crippen LogP contribution is 2.29. The van der Waals surface area contributed by atoms with Gasteiger partial charge in [0.1, 0.15) is 5.69 Å². The summed E-state index contributed by atoms with van der Waals surface area (Å²) < 4.78 is 36.3. The first-order valence-corrected chi connectivity index (χ1v) is 3.30. The van der Waals surface area contributed by atoms with Crippen LogP contribution in [0.15, 0.2) is 6.20 Å². The number of nitrogens with one attached hydrogen (secondary N) is 1. The molecule has 0 aliphatic heterocycles. The van der Waals surface area contributed by atoms with Gasteiger partial charge in [-0.2, -0.15) is 18.3 Å². The normalized spacial score (nSPS) is 11.7. The van der Waals surface area contributed by atoms with Crippen LogP contribution in [-0.2, 0) is 6.18 Å². The lowest BCUT2D eigenvalue weighted by molar-refractivity contribution is -0.141. The Balaban J connectivity index is 3.10. The monoisotopic (exact) mass is 193 g/mol. The van der Waals surface area contributed by atoms with E-state index >= 15 is 0 Å². The minimum atomic E-state index is -4.60. The Morgan fingerprint density at radius 1 is 1.62 bits per heavy atom. The van der Waals surface area contributed by atoms with E-state index in [2.05, 4.69) is 5.10 Å². The van der Waals surface area contributed by atoms with Crippen molar-refractivity contribution >= 4 is 5.78 Å². The van der Waals surface area contributed by atoms with Crippen molar-refractivity contribution in [1.82, 2.24) is 10.2 Å². The molecule has 0 fully saturated rings. The highest BCUT2D eigenvalue weighted by molar-refractivity contribution is 5.98. The molecule has 1 aromatic heterocycles. The third-order valence-electron chi connectivity index (χ3n) is 1.41. The summed E-state index contributed by atoms with van der Waals surface area (Å²) in [6.07, 6.45) is -3.78. The molecule has 1 rings (SSSR count). The van der Waals surface area contributed by atoms with Gasteiger partial charge in [-0.15, -0.1) is 0 Å². The Hall–Kier alpha value is -1.37. The second-order valence-corrected chi connectivity index (χ2v) is 2.28. The number of rotatable bonds is 2. The molecule has 0 bridgehead atoms. The zero-order chi connectivity index (χ0) is 10.1. The van der Waals surface area contributed by atoms with Gasteiger partial charge in [0.05, 0.1) is 18.3 Å². The first kappa shape index (κ1) is 9.72. The van der Waals surface area contributed by atoms with Crippen molar-refractivity contribution < 1.29 is 18.0 Å². The van der Waals surface area contributed by atoms with Gasteiger partial charge in [-0.3, -0.25) is 9.89 Å². The fourth-order valence-electron chi connectivity index (χ4n) is 0.824. The van der Waals surface area contributed by atoms with E-state index in [9.17, 15) is 18.0 Å². The predicted molar refractivity (Wildman–Crippen MR) is 37.0 cm³/mol. The fourth-order valence-corrected chi connectivity index (χ4v) is 0.824. The van der Waals surface area contributed by atoms with Gasteiger partial charge in [-0.05, 0) is 0 Å². The van der Waals surface area contributed by atoms with Crippen LogP contribution in [-0.4, -0.2) is 22.5 Å². The molecule has 72 valence electrons. The van der Waals surface area contributed by atoms with Crippen LogP contribution in [0.1, 0.15) is 16.1 Å². The molecule has 3 N–H and O–H groups in total. The summed E-state index contributed by atoms with van der Waals surface area (Å²) in [4.78, 5) is 10.9. The number of hydrogen-bond donors (Lipinski definition) is 2. The maximum atomic E-state index is 12.1. The SMILES string of the molecule is NCC(=O)c1cn[nH]c1C(F)(F)F. The Kier molecular flexibility index (Phi) is 2.37. The van der Waals surface area contributed by atoms with Crippen LogP contribution in [0.25, 0.3) is 0 Å². The zero-order valence-electron chi connectivity index (χ0n) is 6.35. The summed E-state index contributed by atoms with van der Waals surface area (Å²) in [7, 11) is 0. The van der Waals surface area contributed by atoms with Crippen molar-refractivity contribution in [2.75, 3.05) is 6.54 Å². The number of aromatic amines is 1. The molecule has 1 heterocycles. The van der Waals surface area contributed by atoms with E-state index in [0.717, 1.165) is 6.20 Å². The number of H-pyrrole nitrogens is 1. The summed E-state index contributed by atoms with van der Waals surface area (Å²) in [6, 6.07) is 0. The number of nitrogens with two attached hydrogens (primary N) is 1. The Morgan fingerprint density at radius 2 is 2.23 bits per heavy atom. The number of carbonyl (C=O) groups excluding carboxylic acids is 1. The van der Waals surface area contributed by atoms with Crippen molar-refractivity contribution in [3.05, 3.63) is 17.5 Å². The maximum Gasteiger partial charge on any atom is 0.433 e. The summed E-state index contributed by atoms with van der Waals surface area (Å²) >= 11 is 0. The number of aromatic nitrogens is 2. The summed E-state index contributed by atoms with van der Waals surface area (Å²) in [5.74, 6) is -0.791. The average Bonchev–Trinajstić information content (AvgIpc) is 2.49. The lowest BCUT2D eigenvalue weighted by Crippen LogP contribution is -2.18. The molecule has 4 nitrogen and oxygen atoms in total. The minimum Gasteiger partial charge on any atom is -0.324 e. The molecule has 0 radical (unpaired) electrons. The van der Waals surface area contributed by atoms with Crippen LogP contribution < -0.4 is 5.73 Å². The fraction of sp³-hybridized carbons (Fsp3) is 0.333. The van der Waals surface area contributed by atoms with Gasteiger partial charge < -0.3 is 5.73 Å². The molecule has 0 aromatic carbocycles. The van der Waals surface area contributed by atoms with Gasteiger partial charge >= 0.3 is 6.18 Å². The maximum absolute atomic E-state index is 12.1. The van der Waals surface area contributed by atoms with Crippen molar-refractivity contribution in [3.8, 4) is 0 Å². The van der Waals surface area contributed by atoms with E-state index in [4.69, 9.17) is 5.73 Å². The van der Waals surface area contributed by atoms with E-state index in [1.54, 1.807) is 5.10 Å². The molecule has 0 spiro atoms. The largest absolute Gasteiger partial charge is 0.433 e. The molecule has 0 saturated carbocycles. The smallest absolute Gasteiger partial charge is 0.324 e. The second-order valence-electron chi connectivity index (χ2n) is 2.28. The number of hydrogen-bond acceptors (Lipinski definition) is 3. The summed E-state index contributed by atoms with van der Waals surface area (Å²) in [5.41, 5.74) is 3.25. The molecule has 1 aromatic rings. The minimum absolute atomic E-state index is 0.470. The number of ketones is 1. The second kappa shape index (κ2) is 3.17. The third kappa shape index (κ3) is 1.86. The quantitative estimate of drug-likeness (QED) is 0.674. The van der Waals surface area contributed by atoms with Crippen LogP contribution in [0.3, 0.4) is 0 Å². The van der Waals surface area contributed by atoms with Gasteiger partial charge in [-0.25, -0.2) is 0 Å². The molecule has 13 heavy (non-hydrogen) atoms. The molecular weight excluding hydrogens is 187 g/mol. The summed E-state index contributed by atoms with van der Waals surface area (Å²) in [6.45, 7) is -0.470. The molecule has 0 saturated heterocycles. The van der Waals surface area contributed by atoms with Gasteiger partial charge in [0.15, 0.2) is 5.78 Å². The molecule has 0 aliphatic rings. The average molecular weight is 193 g/mol. The number of halogens is 3. The van der Waals surface area contributed by atoms with E-state index in [0.29, 0.717) is 0 Å². The third-order valence-corrected chi connectivity index (χ3v) is 1.41. The highest BCUT2D eigenvalue weighted by atomic mass is 19.4. The van der Waals surface area contributed by atoms with E-state index in [1.807, 2.05) is 0 Å². The van der Waals surface area contributed by atoms with Crippen LogP contribution in [0.2, 0.25) is 0 Å². The first-order valence-electron chi connectivity index (χ1n) is 3.30. The van der Waals surface area contributed by atoms with E-state index in [-0.39, 0.29) is 0 Å². The van der Waals surface area contributed by atoms with Gasteiger partial charge in [0.2, 0.25) is 0 Å². The lowest BCUT2D eigenvalue weighted by Gasteiger charge is -2.04. The number of Topliss-reactive ketones (excluding diaryl/α,β-unsaturated/α-hetero) is 1. The van der Waals surface area contributed by atoms with Crippen LogP contribution in [0, 0.1) is 0 Å². The Morgan fingerprint density at radius 3 is 2.69 bits per heavy atom. The molecule has 0 aliphatic carbocycles. The zero-order valence-corrected chi connectivity index (χ0v) is 6.35. The number of alkyl halides is 3. The molecule has 7 heteroatoms. The summed E-state index contributed by atoms with van der Waals surface area (Å²) in [5, 5.41) is 4.85. The van der Waals surface area contributed by atoms with E-state index in [1.165, 1.54) is 0 Å². The standard InChI is InChI=1S/C6H6F3N3O/c7-6(8,9)5-3(2-11-12-5)4(13)1-10/h2H,1,10H2,(H,11,12). The van der Waals surface area contributed by atoms with Crippen molar-refractivity contribution in [2.24, 2.45) is 5.73 Å². The van der Waals surface area contributed by atoms with Crippen molar-refractivity contribution in [2.45, 2.75) is 6.18 Å².